The standard InChI is InChI=1S/C6H12O4.Na/c1-6(2,3-7)4(8)5(9)10;/h4,7-8H,3H2,1-2H3,(H,9,10);/q;+1. The summed E-state index contributed by atoms with van der Waals surface area (Å²) in [6, 6.07) is 0. The molecule has 0 amide bonds. The molecule has 1 unspecified atom stereocenters. The Bertz CT molecular complexity index is 135. The maximum Gasteiger partial charge on any atom is 1.00 e. The van der Waals surface area contributed by atoms with Crippen LogP contribution in [-0.4, -0.2) is 34.0 Å². The number of aliphatic carboxylic acids is 1. The number of carboxylic acids is 1. The summed E-state index contributed by atoms with van der Waals surface area (Å²) in [5.41, 5.74) is -0.966. The largest absolute Gasteiger partial charge is 1.00 e. The predicted octanol–water partition coefficient (Wildman–Crippen LogP) is -3.55. The van der Waals surface area contributed by atoms with Crippen LogP contribution in [0.4, 0.5) is 0 Å². The Morgan fingerprint density at radius 2 is 1.91 bits per heavy atom. The number of rotatable bonds is 3. The van der Waals surface area contributed by atoms with Gasteiger partial charge in [0.25, 0.3) is 0 Å². The number of aliphatic hydroxyl groups is 2. The van der Waals surface area contributed by atoms with Crippen molar-refractivity contribution in [2.75, 3.05) is 6.61 Å². The minimum absolute atomic E-state index is 0. The minimum Gasteiger partial charge on any atom is -0.479 e. The first kappa shape index (κ1) is 13.9. The topological polar surface area (TPSA) is 77.8 Å². The maximum atomic E-state index is 10.1. The van der Waals surface area contributed by atoms with E-state index in [1.54, 1.807) is 0 Å². The molecule has 0 aromatic rings. The zero-order valence-corrected chi connectivity index (χ0v) is 9.03. The number of hydrogen-bond donors (Lipinski definition) is 3. The van der Waals surface area contributed by atoms with Gasteiger partial charge in [-0.15, -0.1) is 0 Å². The van der Waals surface area contributed by atoms with Crippen molar-refractivity contribution in [3.05, 3.63) is 0 Å². The summed E-state index contributed by atoms with van der Waals surface area (Å²) in [6.07, 6.45) is -1.50. The van der Waals surface area contributed by atoms with Gasteiger partial charge >= 0.3 is 35.5 Å². The fourth-order valence-electron chi connectivity index (χ4n) is 0.421. The van der Waals surface area contributed by atoms with Gasteiger partial charge in [0.15, 0.2) is 6.10 Å². The predicted molar refractivity (Wildman–Crippen MR) is 34.5 cm³/mol. The molecular formula is C6H12NaO4+. The van der Waals surface area contributed by atoms with Gasteiger partial charge in [0, 0.05) is 5.41 Å². The van der Waals surface area contributed by atoms with Crippen molar-refractivity contribution in [2.45, 2.75) is 20.0 Å². The van der Waals surface area contributed by atoms with Crippen LogP contribution in [0.5, 0.6) is 0 Å². The quantitative estimate of drug-likeness (QED) is 0.384. The second-order valence-corrected chi connectivity index (χ2v) is 2.89. The second kappa shape index (κ2) is 5.11. The van der Waals surface area contributed by atoms with E-state index in [0.29, 0.717) is 0 Å². The van der Waals surface area contributed by atoms with Crippen LogP contribution in [0.2, 0.25) is 0 Å². The van der Waals surface area contributed by atoms with E-state index < -0.39 is 17.5 Å². The Balaban J connectivity index is 0. The Morgan fingerprint density at radius 3 is 2.00 bits per heavy atom. The molecule has 11 heavy (non-hydrogen) atoms. The SMILES string of the molecule is CC(C)(CO)C(O)C(=O)O.[Na+]. The van der Waals surface area contributed by atoms with E-state index in [-0.39, 0.29) is 36.2 Å². The summed E-state index contributed by atoms with van der Waals surface area (Å²) >= 11 is 0. The molecule has 0 spiro atoms. The van der Waals surface area contributed by atoms with Gasteiger partial charge in [0.05, 0.1) is 6.61 Å². The number of aliphatic hydroxyl groups excluding tert-OH is 2. The van der Waals surface area contributed by atoms with Crippen molar-refractivity contribution in [1.82, 2.24) is 0 Å². The van der Waals surface area contributed by atoms with E-state index in [1.165, 1.54) is 13.8 Å². The molecule has 0 saturated heterocycles. The van der Waals surface area contributed by atoms with Crippen molar-refractivity contribution < 1.29 is 49.7 Å². The first-order valence-electron chi connectivity index (χ1n) is 2.93. The first-order chi connectivity index (χ1) is 4.41. The fourth-order valence-corrected chi connectivity index (χ4v) is 0.421. The summed E-state index contributed by atoms with van der Waals surface area (Å²) in [4.78, 5) is 10.1. The molecule has 0 rings (SSSR count). The number of carbonyl (C=O) groups is 1. The van der Waals surface area contributed by atoms with E-state index in [9.17, 15) is 4.79 Å². The van der Waals surface area contributed by atoms with Crippen LogP contribution in [0.3, 0.4) is 0 Å². The molecular weight excluding hydrogens is 159 g/mol. The molecule has 0 aliphatic heterocycles. The van der Waals surface area contributed by atoms with Gasteiger partial charge in [-0.3, -0.25) is 0 Å². The molecule has 3 N–H and O–H groups in total. The van der Waals surface area contributed by atoms with Gasteiger partial charge in [0.1, 0.15) is 0 Å². The van der Waals surface area contributed by atoms with Crippen molar-refractivity contribution in [2.24, 2.45) is 5.41 Å². The number of hydrogen-bond acceptors (Lipinski definition) is 3. The molecule has 5 heteroatoms. The minimum atomic E-state index is -1.50. The monoisotopic (exact) mass is 171 g/mol. The van der Waals surface area contributed by atoms with E-state index >= 15 is 0 Å². The third-order valence-corrected chi connectivity index (χ3v) is 1.38. The molecule has 0 aromatic carbocycles. The molecule has 0 aliphatic carbocycles. The maximum absolute atomic E-state index is 10.1. The van der Waals surface area contributed by atoms with Gasteiger partial charge < -0.3 is 15.3 Å². The van der Waals surface area contributed by atoms with Crippen molar-refractivity contribution in [3.8, 4) is 0 Å². The van der Waals surface area contributed by atoms with E-state index in [1.807, 2.05) is 0 Å². The van der Waals surface area contributed by atoms with E-state index in [2.05, 4.69) is 0 Å². The van der Waals surface area contributed by atoms with Gasteiger partial charge in [-0.25, -0.2) is 4.79 Å². The molecule has 0 aromatic heterocycles. The summed E-state index contributed by atoms with van der Waals surface area (Å²) in [6.45, 7) is 2.61. The molecule has 60 valence electrons. The van der Waals surface area contributed by atoms with Crippen molar-refractivity contribution in [1.29, 1.82) is 0 Å². The van der Waals surface area contributed by atoms with Crippen LogP contribution in [0.15, 0.2) is 0 Å². The summed E-state index contributed by atoms with van der Waals surface area (Å²) in [5.74, 6) is -1.31. The molecule has 4 nitrogen and oxygen atoms in total. The average Bonchev–Trinajstić information content (AvgIpc) is 1.86. The van der Waals surface area contributed by atoms with Crippen LogP contribution >= 0.6 is 0 Å². The zero-order chi connectivity index (χ0) is 8.36. The van der Waals surface area contributed by atoms with Gasteiger partial charge in [-0.05, 0) is 0 Å². The second-order valence-electron chi connectivity index (χ2n) is 2.89. The van der Waals surface area contributed by atoms with Crippen molar-refractivity contribution >= 4 is 5.97 Å². The van der Waals surface area contributed by atoms with Gasteiger partial charge in [-0.2, -0.15) is 0 Å². The summed E-state index contributed by atoms with van der Waals surface area (Å²) in [7, 11) is 0. The molecule has 1 atom stereocenters. The van der Waals surface area contributed by atoms with Crippen LogP contribution in [-0.2, 0) is 4.79 Å². The Kier molecular flexibility index (Phi) is 6.48. The van der Waals surface area contributed by atoms with Crippen LogP contribution in [0.1, 0.15) is 13.8 Å². The molecule has 0 radical (unpaired) electrons. The smallest absolute Gasteiger partial charge is 0.479 e. The number of carboxylic acid groups (broad SMARTS) is 1. The first-order valence-corrected chi connectivity index (χ1v) is 2.93. The normalized spacial score (nSPS) is 13.5. The van der Waals surface area contributed by atoms with Crippen molar-refractivity contribution in [3.63, 3.8) is 0 Å². The summed E-state index contributed by atoms with van der Waals surface area (Å²) in [5, 5.41) is 25.8. The Morgan fingerprint density at radius 1 is 1.55 bits per heavy atom. The Hall–Kier alpha value is 0.390. The zero-order valence-electron chi connectivity index (χ0n) is 7.03. The Labute approximate surface area is 87.5 Å². The van der Waals surface area contributed by atoms with Gasteiger partial charge in [-0.1, -0.05) is 13.8 Å². The molecule has 0 heterocycles. The van der Waals surface area contributed by atoms with Crippen LogP contribution in [0, 0.1) is 5.41 Å². The average molecular weight is 171 g/mol. The third-order valence-electron chi connectivity index (χ3n) is 1.38. The van der Waals surface area contributed by atoms with E-state index in [4.69, 9.17) is 15.3 Å². The van der Waals surface area contributed by atoms with E-state index in [0.717, 1.165) is 0 Å². The third kappa shape index (κ3) is 4.08. The van der Waals surface area contributed by atoms with Crippen LogP contribution in [0.25, 0.3) is 0 Å². The molecule has 0 saturated carbocycles. The molecule has 0 aliphatic rings. The molecule has 0 bridgehead atoms. The van der Waals surface area contributed by atoms with Crippen LogP contribution < -0.4 is 29.6 Å². The summed E-state index contributed by atoms with van der Waals surface area (Å²) < 4.78 is 0. The molecule has 0 fully saturated rings. The van der Waals surface area contributed by atoms with Gasteiger partial charge in [0.2, 0.25) is 0 Å². The fraction of sp³-hybridized carbons (Fsp3) is 0.833.